The fourth-order valence-electron chi connectivity index (χ4n) is 10.5. The number of hydrogen-bond donors (Lipinski definition) is 3. The molecule has 2 unspecified atom stereocenters. The van der Waals surface area contributed by atoms with Crippen LogP contribution in [0.5, 0.6) is 0 Å². The molecule has 3 N–H and O–H groups in total. The van der Waals surface area contributed by atoms with Gasteiger partial charge in [-0.05, 0) is 43.4 Å². The van der Waals surface area contributed by atoms with E-state index >= 15 is 0 Å². The molecule has 0 spiro atoms. The first-order valence-electron chi connectivity index (χ1n) is 36.3. The molecule has 0 saturated carbocycles. The van der Waals surface area contributed by atoms with Crippen molar-refractivity contribution in [3.05, 3.63) is 0 Å². The highest BCUT2D eigenvalue weighted by Gasteiger charge is 2.30. The average Bonchev–Trinajstić information content (AvgIpc) is 3.70. The first-order chi connectivity index (χ1) is 42.7. The fraction of sp³-hybridized carbons (Fsp3) is 0.943. The summed E-state index contributed by atoms with van der Waals surface area (Å²) in [5, 5.41) is 10.6. The minimum Gasteiger partial charge on any atom is -0.462 e. The van der Waals surface area contributed by atoms with Crippen molar-refractivity contribution in [3.63, 3.8) is 0 Å². The summed E-state index contributed by atoms with van der Waals surface area (Å²) in [6.07, 6.45) is 44.8. The summed E-state index contributed by atoms with van der Waals surface area (Å²) >= 11 is 0. The Morgan fingerprint density at radius 3 is 0.764 bits per heavy atom. The number of ether oxygens (including phenoxy) is 4. The van der Waals surface area contributed by atoms with Gasteiger partial charge in [0, 0.05) is 25.7 Å². The first kappa shape index (κ1) is 87.1. The maximum absolute atomic E-state index is 13.0. The van der Waals surface area contributed by atoms with Crippen molar-refractivity contribution in [1.82, 2.24) is 0 Å². The molecule has 0 rings (SSSR count). The summed E-state index contributed by atoms with van der Waals surface area (Å²) in [5.74, 6) is -0.0122. The summed E-state index contributed by atoms with van der Waals surface area (Å²) in [7, 11) is -9.90. The van der Waals surface area contributed by atoms with Gasteiger partial charge in [0.1, 0.15) is 19.3 Å². The van der Waals surface area contributed by atoms with E-state index in [1.165, 1.54) is 154 Å². The Bertz CT molecular complexity index is 1750. The van der Waals surface area contributed by atoms with E-state index in [0.29, 0.717) is 37.5 Å². The van der Waals surface area contributed by atoms with Gasteiger partial charge in [0.15, 0.2) is 12.2 Å². The van der Waals surface area contributed by atoms with Crippen molar-refractivity contribution >= 4 is 39.5 Å². The zero-order valence-electron chi connectivity index (χ0n) is 57.9. The van der Waals surface area contributed by atoms with Crippen molar-refractivity contribution in [2.45, 2.75) is 369 Å². The van der Waals surface area contributed by atoms with Gasteiger partial charge in [0.05, 0.1) is 26.4 Å². The summed E-state index contributed by atoms with van der Waals surface area (Å²) in [5.41, 5.74) is 0. The fourth-order valence-corrected chi connectivity index (χ4v) is 12.1. The summed E-state index contributed by atoms with van der Waals surface area (Å²) in [4.78, 5) is 72.4. The van der Waals surface area contributed by atoms with Gasteiger partial charge < -0.3 is 33.8 Å². The molecule has 0 aliphatic rings. The second kappa shape index (κ2) is 61.0. The minimum atomic E-state index is -4.95. The lowest BCUT2D eigenvalue weighted by Crippen LogP contribution is -2.30. The maximum Gasteiger partial charge on any atom is 0.472 e. The Labute approximate surface area is 543 Å². The smallest absolute Gasteiger partial charge is 0.462 e. The standard InChI is InChI=1S/C70H136O17P2/c1-8-9-10-11-12-13-14-15-16-17-18-19-20-21-24-30-39-46-53-69(74)86-65(57-80-67(72)51-44-37-29-25-22-23-27-34-41-48-61(2)3)59-84-88(76,77)82-55-64(71)56-83-89(78,79)85-60-66(58-81-68(73)52-45-38-33-32-36-43-50-63(6)7)87-70(75)54-47-40-31-26-28-35-42-49-62(4)5/h61-66,71H,8-60H2,1-7H3,(H,76,77)(H,78,79)/t64-,65-,66-/m1/s1. The molecular formula is C70H136O17P2. The number of phosphoric ester groups is 2. The van der Waals surface area contributed by atoms with Gasteiger partial charge in [-0.2, -0.15) is 0 Å². The van der Waals surface area contributed by atoms with Gasteiger partial charge in [0.25, 0.3) is 0 Å². The monoisotopic (exact) mass is 1310 g/mol. The molecule has 89 heavy (non-hydrogen) atoms. The van der Waals surface area contributed by atoms with Crippen LogP contribution in [-0.2, 0) is 65.4 Å². The Morgan fingerprint density at radius 2 is 0.517 bits per heavy atom. The number of rotatable bonds is 68. The first-order valence-corrected chi connectivity index (χ1v) is 39.3. The molecular weight excluding hydrogens is 1170 g/mol. The van der Waals surface area contributed by atoms with Crippen LogP contribution in [0, 0.1) is 17.8 Å². The van der Waals surface area contributed by atoms with Gasteiger partial charge >= 0.3 is 39.5 Å². The van der Waals surface area contributed by atoms with E-state index in [4.69, 9.17) is 37.0 Å². The summed E-state index contributed by atoms with van der Waals surface area (Å²) in [6, 6.07) is 0. The molecule has 0 fully saturated rings. The molecule has 0 radical (unpaired) electrons. The SMILES string of the molecule is CCCCCCCCCCCCCCCCCCCCC(=O)O[C@H](COC(=O)CCCCCCCCCCCC(C)C)COP(=O)(O)OC[C@@H](O)COP(=O)(O)OC[C@@H](COC(=O)CCCCCCCCC(C)C)OC(=O)CCCCCCCCCC(C)C. The molecule has 0 saturated heterocycles. The van der Waals surface area contributed by atoms with Crippen LogP contribution < -0.4 is 0 Å². The number of unbranched alkanes of at least 4 members (excludes halogenated alkanes) is 36. The third-order valence-electron chi connectivity index (χ3n) is 16.1. The molecule has 19 heteroatoms. The van der Waals surface area contributed by atoms with E-state index in [1.54, 1.807) is 0 Å². The summed E-state index contributed by atoms with van der Waals surface area (Å²) < 4.78 is 68.2. The van der Waals surface area contributed by atoms with Gasteiger partial charge in [-0.15, -0.1) is 0 Å². The minimum absolute atomic E-state index is 0.102. The highest BCUT2D eigenvalue weighted by molar-refractivity contribution is 7.47. The quantitative estimate of drug-likeness (QED) is 0.0222. The van der Waals surface area contributed by atoms with E-state index in [-0.39, 0.29) is 25.7 Å². The molecule has 0 aromatic carbocycles. The van der Waals surface area contributed by atoms with Crippen LogP contribution in [0.25, 0.3) is 0 Å². The van der Waals surface area contributed by atoms with Crippen molar-refractivity contribution in [1.29, 1.82) is 0 Å². The second-order valence-electron chi connectivity index (χ2n) is 26.7. The third kappa shape index (κ3) is 64.6. The Morgan fingerprint density at radius 1 is 0.303 bits per heavy atom. The highest BCUT2D eigenvalue weighted by atomic mass is 31.2. The third-order valence-corrected chi connectivity index (χ3v) is 18.0. The van der Waals surface area contributed by atoms with Crippen LogP contribution in [0.15, 0.2) is 0 Å². The molecule has 0 aromatic heterocycles. The number of esters is 4. The number of carbonyl (C=O) groups excluding carboxylic acids is 4. The van der Waals surface area contributed by atoms with Crippen LogP contribution in [0.4, 0.5) is 0 Å². The van der Waals surface area contributed by atoms with Crippen molar-refractivity contribution in [2.24, 2.45) is 17.8 Å². The largest absolute Gasteiger partial charge is 0.472 e. The molecule has 0 aromatic rings. The molecule has 528 valence electrons. The number of aliphatic hydroxyl groups excluding tert-OH is 1. The van der Waals surface area contributed by atoms with Crippen LogP contribution in [0.1, 0.15) is 350 Å². The van der Waals surface area contributed by atoms with Crippen molar-refractivity contribution in [3.8, 4) is 0 Å². The number of aliphatic hydroxyl groups is 1. The normalized spacial score (nSPS) is 14.2. The van der Waals surface area contributed by atoms with Crippen LogP contribution in [0.2, 0.25) is 0 Å². The highest BCUT2D eigenvalue weighted by Crippen LogP contribution is 2.45. The topological polar surface area (TPSA) is 237 Å². The van der Waals surface area contributed by atoms with Crippen LogP contribution >= 0.6 is 15.6 Å². The van der Waals surface area contributed by atoms with Gasteiger partial charge in [-0.25, -0.2) is 9.13 Å². The molecule has 0 bridgehead atoms. The Balaban J connectivity index is 5.21. The lowest BCUT2D eigenvalue weighted by atomic mass is 10.0. The van der Waals surface area contributed by atoms with Crippen molar-refractivity contribution < 1.29 is 80.2 Å². The maximum atomic E-state index is 13.0. The van der Waals surface area contributed by atoms with Gasteiger partial charge in [-0.3, -0.25) is 37.3 Å². The zero-order valence-corrected chi connectivity index (χ0v) is 59.7. The van der Waals surface area contributed by atoms with E-state index in [9.17, 15) is 43.2 Å². The lowest BCUT2D eigenvalue weighted by Gasteiger charge is -2.21. The van der Waals surface area contributed by atoms with E-state index in [1.807, 2.05) is 0 Å². The summed E-state index contributed by atoms with van der Waals surface area (Å²) in [6.45, 7) is 11.7. The number of carbonyl (C=O) groups is 4. The Hall–Kier alpha value is -1.94. The van der Waals surface area contributed by atoms with E-state index < -0.39 is 97.5 Å². The molecule has 5 atom stereocenters. The van der Waals surface area contributed by atoms with E-state index in [2.05, 4.69) is 48.5 Å². The zero-order chi connectivity index (χ0) is 65.9. The van der Waals surface area contributed by atoms with Gasteiger partial charge in [0.2, 0.25) is 0 Å². The molecule has 0 amide bonds. The van der Waals surface area contributed by atoms with Crippen molar-refractivity contribution in [2.75, 3.05) is 39.6 Å². The number of hydrogen-bond acceptors (Lipinski definition) is 15. The average molecular weight is 1310 g/mol. The van der Waals surface area contributed by atoms with E-state index in [0.717, 1.165) is 102 Å². The van der Waals surface area contributed by atoms with Crippen LogP contribution in [-0.4, -0.2) is 96.7 Å². The van der Waals surface area contributed by atoms with Crippen LogP contribution in [0.3, 0.4) is 0 Å². The Kier molecular flexibility index (Phi) is 59.6. The molecule has 0 aliphatic carbocycles. The second-order valence-corrected chi connectivity index (χ2v) is 29.6. The lowest BCUT2D eigenvalue weighted by molar-refractivity contribution is -0.161. The van der Waals surface area contributed by atoms with Gasteiger partial charge in [-0.1, -0.05) is 299 Å². The molecule has 0 aliphatic heterocycles. The number of phosphoric acid groups is 2. The molecule has 0 heterocycles. The molecule has 17 nitrogen and oxygen atoms in total. The predicted octanol–water partition coefficient (Wildman–Crippen LogP) is 19.8. The predicted molar refractivity (Wildman–Crippen MR) is 358 cm³/mol.